The number of fused-ring (bicyclic) bond motifs is 1. The highest BCUT2D eigenvalue weighted by Gasteiger charge is 2.24. The molecule has 1 atom stereocenters. The number of hydrogen-bond acceptors (Lipinski definition) is 5. The van der Waals surface area contributed by atoms with Gasteiger partial charge < -0.3 is 14.8 Å². The van der Waals surface area contributed by atoms with Gasteiger partial charge in [0.15, 0.2) is 0 Å². The second kappa shape index (κ2) is 4.58. The summed E-state index contributed by atoms with van der Waals surface area (Å²) in [4.78, 5) is 9.23. The van der Waals surface area contributed by atoms with Gasteiger partial charge in [-0.25, -0.2) is 4.98 Å². The molecule has 0 bridgehead atoms. The first-order valence-electron chi connectivity index (χ1n) is 6.10. The van der Waals surface area contributed by atoms with Crippen LogP contribution in [0.15, 0.2) is 0 Å². The first-order chi connectivity index (χ1) is 8.38. The lowest BCUT2D eigenvalue weighted by Gasteiger charge is -2.19. The molecular weight excluding hydrogens is 218 g/mol. The Hall–Kier alpha value is -1.20. The van der Waals surface area contributed by atoms with Crippen molar-refractivity contribution in [2.24, 2.45) is 0 Å². The number of nitrogens with one attached hydrogen (secondary N) is 1. The topological polar surface area (TPSA) is 56.3 Å². The lowest BCUT2D eigenvalue weighted by molar-refractivity contribution is 0.105. The Balaban J connectivity index is 1.99. The quantitative estimate of drug-likeness (QED) is 0.815. The third-order valence-corrected chi connectivity index (χ3v) is 3.42. The van der Waals surface area contributed by atoms with Gasteiger partial charge in [-0.1, -0.05) is 0 Å². The molecule has 1 unspecified atom stereocenters. The van der Waals surface area contributed by atoms with Crippen LogP contribution in [0.5, 0.6) is 5.88 Å². The largest absolute Gasteiger partial charge is 0.481 e. The van der Waals surface area contributed by atoms with E-state index in [1.807, 2.05) is 0 Å². The number of nitrogens with zero attached hydrogens (tertiary/aromatic N) is 2. The molecule has 3 rings (SSSR count). The first kappa shape index (κ1) is 10.9. The standard InChI is InChI=1S/C12H17N3O2/c1-16-12-9-7-17-5-3-10(9)14-11(15-12)8-2-4-13-6-8/h8,13H,2-7H2,1H3. The SMILES string of the molecule is COc1nc(C2CCNC2)nc2c1COCC2. The Morgan fingerprint density at radius 2 is 2.35 bits per heavy atom. The van der Waals surface area contributed by atoms with Crippen molar-refractivity contribution in [3.05, 3.63) is 17.1 Å². The molecule has 0 saturated carbocycles. The molecule has 0 aromatic carbocycles. The van der Waals surface area contributed by atoms with Crippen LogP contribution in [0.2, 0.25) is 0 Å². The van der Waals surface area contributed by atoms with Crippen molar-refractivity contribution in [2.45, 2.75) is 25.4 Å². The zero-order valence-corrected chi connectivity index (χ0v) is 10.0. The van der Waals surface area contributed by atoms with E-state index in [0.717, 1.165) is 49.6 Å². The minimum absolute atomic E-state index is 0.428. The molecule has 0 aliphatic carbocycles. The van der Waals surface area contributed by atoms with E-state index in [-0.39, 0.29) is 0 Å². The molecule has 2 aliphatic heterocycles. The lowest BCUT2D eigenvalue weighted by atomic mass is 10.1. The average molecular weight is 235 g/mol. The molecule has 1 N–H and O–H groups in total. The van der Waals surface area contributed by atoms with Crippen LogP contribution in [0.25, 0.3) is 0 Å². The smallest absolute Gasteiger partial charge is 0.222 e. The molecule has 1 saturated heterocycles. The van der Waals surface area contributed by atoms with Gasteiger partial charge in [-0.15, -0.1) is 0 Å². The molecule has 1 fully saturated rings. The minimum atomic E-state index is 0.428. The van der Waals surface area contributed by atoms with Gasteiger partial charge in [0.05, 0.1) is 31.6 Å². The highest BCUT2D eigenvalue weighted by molar-refractivity contribution is 5.32. The summed E-state index contributed by atoms with van der Waals surface area (Å²) in [7, 11) is 1.66. The number of rotatable bonds is 2. The zero-order chi connectivity index (χ0) is 11.7. The van der Waals surface area contributed by atoms with Crippen molar-refractivity contribution < 1.29 is 9.47 Å². The predicted octanol–water partition coefficient (Wildman–Crippen LogP) is 0.635. The van der Waals surface area contributed by atoms with Gasteiger partial charge in [0.1, 0.15) is 5.82 Å². The monoisotopic (exact) mass is 235 g/mol. The summed E-state index contributed by atoms with van der Waals surface area (Å²) >= 11 is 0. The van der Waals surface area contributed by atoms with Crippen LogP contribution in [0.4, 0.5) is 0 Å². The Morgan fingerprint density at radius 3 is 3.12 bits per heavy atom. The fourth-order valence-corrected chi connectivity index (χ4v) is 2.45. The molecule has 2 aliphatic rings. The van der Waals surface area contributed by atoms with Crippen molar-refractivity contribution in [1.82, 2.24) is 15.3 Å². The van der Waals surface area contributed by atoms with Crippen molar-refractivity contribution >= 4 is 0 Å². The van der Waals surface area contributed by atoms with E-state index in [0.29, 0.717) is 18.4 Å². The van der Waals surface area contributed by atoms with E-state index < -0.39 is 0 Å². The third-order valence-electron chi connectivity index (χ3n) is 3.42. The summed E-state index contributed by atoms with van der Waals surface area (Å²) < 4.78 is 10.8. The first-order valence-corrected chi connectivity index (χ1v) is 6.10. The zero-order valence-electron chi connectivity index (χ0n) is 10.0. The fourth-order valence-electron chi connectivity index (χ4n) is 2.45. The van der Waals surface area contributed by atoms with Crippen LogP contribution in [-0.4, -0.2) is 36.8 Å². The fraction of sp³-hybridized carbons (Fsp3) is 0.667. The molecule has 17 heavy (non-hydrogen) atoms. The van der Waals surface area contributed by atoms with Gasteiger partial charge in [-0.2, -0.15) is 4.98 Å². The Bertz CT molecular complexity index is 399. The van der Waals surface area contributed by atoms with Gasteiger partial charge in [-0.3, -0.25) is 0 Å². The highest BCUT2D eigenvalue weighted by Crippen LogP contribution is 2.27. The molecule has 0 spiro atoms. The summed E-state index contributed by atoms with van der Waals surface area (Å²) in [5.74, 6) is 2.04. The number of ether oxygens (including phenoxy) is 2. The molecule has 1 aromatic heterocycles. The Labute approximate surface area is 101 Å². The van der Waals surface area contributed by atoms with E-state index in [4.69, 9.17) is 14.5 Å². The Morgan fingerprint density at radius 1 is 1.41 bits per heavy atom. The van der Waals surface area contributed by atoms with Gasteiger partial charge in [0.2, 0.25) is 5.88 Å². The second-order valence-electron chi connectivity index (χ2n) is 4.51. The van der Waals surface area contributed by atoms with Crippen LogP contribution in [0.1, 0.15) is 29.4 Å². The maximum Gasteiger partial charge on any atom is 0.222 e. The van der Waals surface area contributed by atoms with Crippen molar-refractivity contribution in [2.75, 3.05) is 26.8 Å². The van der Waals surface area contributed by atoms with E-state index in [2.05, 4.69) is 10.3 Å². The van der Waals surface area contributed by atoms with Crippen molar-refractivity contribution in [1.29, 1.82) is 0 Å². The van der Waals surface area contributed by atoms with E-state index in [1.54, 1.807) is 7.11 Å². The number of aromatic nitrogens is 2. The summed E-state index contributed by atoms with van der Waals surface area (Å²) in [6.07, 6.45) is 1.97. The maximum atomic E-state index is 5.43. The van der Waals surface area contributed by atoms with E-state index in [1.165, 1.54) is 0 Å². The van der Waals surface area contributed by atoms with Crippen LogP contribution >= 0.6 is 0 Å². The van der Waals surface area contributed by atoms with Crippen molar-refractivity contribution in [3.63, 3.8) is 0 Å². The lowest BCUT2D eigenvalue weighted by Crippen LogP contribution is -2.18. The predicted molar refractivity (Wildman–Crippen MR) is 62.2 cm³/mol. The summed E-state index contributed by atoms with van der Waals surface area (Å²) in [5.41, 5.74) is 2.12. The maximum absolute atomic E-state index is 5.43. The molecule has 3 heterocycles. The van der Waals surface area contributed by atoms with Gasteiger partial charge in [0.25, 0.3) is 0 Å². The molecule has 0 amide bonds. The van der Waals surface area contributed by atoms with Crippen LogP contribution in [0, 0.1) is 0 Å². The number of methoxy groups -OCH3 is 1. The number of hydrogen-bond donors (Lipinski definition) is 1. The second-order valence-corrected chi connectivity index (χ2v) is 4.51. The van der Waals surface area contributed by atoms with Crippen LogP contribution in [-0.2, 0) is 17.8 Å². The molecule has 5 heteroatoms. The summed E-state index contributed by atoms with van der Waals surface area (Å²) in [6, 6.07) is 0. The van der Waals surface area contributed by atoms with Gasteiger partial charge in [0, 0.05) is 18.9 Å². The highest BCUT2D eigenvalue weighted by atomic mass is 16.5. The van der Waals surface area contributed by atoms with Crippen LogP contribution in [0.3, 0.4) is 0 Å². The van der Waals surface area contributed by atoms with Crippen molar-refractivity contribution in [3.8, 4) is 5.88 Å². The van der Waals surface area contributed by atoms with E-state index >= 15 is 0 Å². The van der Waals surface area contributed by atoms with Gasteiger partial charge in [-0.05, 0) is 13.0 Å². The van der Waals surface area contributed by atoms with E-state index in [9.17, 15) is 0 Å². The molecule has 0 radical (unpaired) electrons. The third kappa shape index (κ3) is 2.00. The molecular formula is C12H17N3O2. The molecule has 1 aromatic rings. The minimum Gasteiger partial charge on any atom is -0.481 e. The molecule has 92 valence electrons. The average Bonchev–Trinajstić information content (AvgIpc) is 2.91. The molecule has 5 nitrogen and oxygen atoms in total. The normalized spacial score (nSPS) is 23.5. The summed E-state index contributed by atoms with van der Waals surface area (Å²) in [6.45, 7) is 3.34. The van der Waals surface area contributed by atoms with Crippen LogP contribution < -0.4 is 10.1 Å². The Kier molecular flexibility index (Phi) is 2.94. The van der Waals surface area contributed by atoms with Gasteiger partial charge >= 0.3 is 0 Å². The summed E-state index contributed by atoms with van der Waals surface area (Å²) in [5, 5.41) is 3.34.